The number of aromatic nitrogens is 1. The van der Waals surface area contributed by atoms with Crippen LogP contribution in [0.25, 0.3) is 0 Å². The molecule has 0 radical (unpaired) electrons. The topological polar surface area (TPSA) is 52.6 Å². The zero-order valence-electron chi connectivity index (χ0n) is 18.0. The summed E-state index contributed by atoms with van der Waals surface area (Å²) in [4.78, 5) is 13.1. The zero-order chi connectivity index (χ0) is 20.4. The third kappa shape index (κ3) is 7.24. The van der Waals surface area contributed by atoms with Gasteiger partial charge in [-0.1, -0.05) is 38.1 Å². The van der Waals surface area contributed by atoms with E-state index in [1.54, 1.807) is 11.3 Å². The van der Waals surface area contributed by atoms with Gasteiger partial charge >= 0.3 is 0 Å². The molecular formula is C22H35N5S. The molecule has 0 fully saturated rings. The molecule has 154 valence electrons. The van der Waals surface area contributed by atoms with Crippen LogP contribution in [0.15, 0.2) is 29.3 Å². The number of hydrogen-bond acceptors (Lipinski definition) is 4. The number of thiazole rings is 1. The second-order valence-electron chi connectivity index (χ2n) is 6.90. The second-order valence-corrected chi connectivity index (χ2v) is 8.19. The van der Waals surface area contributed by atoms with Gasteiger partial charge in [-0.2, -0.15) is 0 Å². The van der Waals surface area contributed by atoms with Gasteiger partial charge in [-0.05, 0) is 45.0 Å². The van der Waals surface area contributed by atoms with E-state index in [1.165, 1.54) is 21.0 Å². The van der Waals surface area contributed by atoms with Crippen LogP contribution in [0.2, 0.25) is 0 Å². The van der Waals surface area contributed by atoms with Crippen LogP contribution in [0.5, 0.6) is 0 Å². The van der Waals surface area contributed by atoms with Gasteiger partial charge in [0, 0.05) is 30.9 Å². The molecular weight excluding hydrogens is 366 g/mol. The van der Waals surface area contributed by atoms with Crippen LogP contribution in [0, 0.1) is 13.8 Å². The normalized spacial score (nSPS) is 11.9. The maximum absolute atomic E-state index is 4.76. The maximum atomic E-state index is 4.76. The molecule has 0 atom stereocenters. The quantitative estimate of drug-likeness (QED) is 0.468. The fourth-order valence-electron chi connectivity index (χ4n) is 2.98. The van der Waals surface area contributed by atoms with E-state index >= 15 is 0 Å². The Morgan fingerprint density at radius 3 is 2.50 bits per heavy atom. The molecule has 28 heavy (non-hydrogen) atoms. The van der Waals surface area contributed by atoms with E-state index in [-0.39, 0.29) is 0 Å². The highest BCUT2D eigenvalue weighted by Crippen LogP contribution is 2.16. The number of hydrogen-bond donors (Lipinski definition) is 2. The molecule has 5 nitrogen and oxygen atoms in total. The van der Waals surface area contributed by atoms with Crippen LogP contribution in [0.4, 0.5) is 0 Å². The van der Waals surface area contributed by atoms with Crippen molar-refractivity contribution in [3.63, 3.8) is 0 Å². The van der Waals surface area contributed by atoms with E-state index in [0.717, 1.165) is 50.8 Å². The van der Waals surface area contributed by atoms with Crippen LogP contribution in [-0.4, -0.2) is 42.0 Å². The van der Waals surface area contributed by atoms with Gasteiger partial charge in [-0.3, -0.25) is 4.90 Å². The molecule has 0 amide bonds. The first kappa shape index (κ1) is 22.4. The first-order valence-corrected chi connectivity index (χ1v) is 11.1. The summed E-state index contributed by atoms with van der Waals surface area (Å²) in [6, 6.07) is 8.76. The van der Waals surface area contributed by atoms with Gasteiger partial charge in [0.25, 0.3) is 0 Å². The minimum atomic E-state index is 0.677. The lowest BCUT2D eigenvalue weighted by molar-refractivity contribution is 0.296. The van der Waals surface area contributed by atoms with Gasteiger partial charge in [-0.15, -0.1) is 11.3 Å². The van der Waals surface area contributed by atoms with Crippen molar-refractivity contribution in [3.05, 3.63) is 51.0 Å². The lowest BCUT2D eigenvalue weighted by atomic mass is 10.1. The van der Waals surface area contributed by atoms with Crippen LogP contribution in [0.3, 0.4) is 0 Å². The van der Waals surface area contributed by atoms with Gasteiger partial charge in [-0.25, -0.2) is 9.98 Å². The van der Waals surface area contributed by atoms with Crippen molar-refractivity contribution in [3.8, 4) is 0 Å². The highest BCUT2D eigenvalue weighted by Gasteiger charge is 2.05. The molecule has 1 heterocycles. The number of benzene rings is 1. The first-order chi connectivity index (χ1) is 13.5. The number of rotatable bonds is 10. The third-order valence-corrected chi connectivity index (χ3v) is 5.89. The SMILES string of the molecule is CCNC(=NCc1cccc(CN(CC)CC)c1)NCCc1nc(C)c(C)s1. The Hall–Kier alpha value is -1.92. The number of nitrogens with zero attached hydrogens (tertiary/aromatic N) is 3. The lowest BCUT2D eigenvalue weighted by Gasteiger charge is -2.18. The third-order valence-electron chi connectivity index (χ3n) is 4.76. The van der Waals surface area contributed by atoms with Gasteiger partial charge in [0.1, 0.15) is 0 Å². The molecule has 0 saturated carbocycles. The fraction of sp³-hybridized carbons (Fsp3) is 0.545. The largest absolute Gasteiger partial charge is 0.357 e. The van der Waals surface area contributed by atoms with Crippen molar-refractivity contribution in [1.29, 1.82) is 0 Å². The van der Waals surface area contributed by atoms with Crippen molar-refractivity contribution in [2.24, 2.45) is 4.99 Å². The molecule has 2 N–H and O–H groups in total. The molecule has 0 spiro atoms. The Labute approximate surface area is 174 Å². The molecule has 1 aromatic heterocycles. The van der Waals surface area contributed by atoms with Gasteiger partial charge in [0.05, 0.1) is 17.2 Å². The van der Waals surface area contributed by atoms with Crippen LogP contribution >= 0.6 is 11.3 Å². The Balaban J connectivity index is 1.92. The highest BCUT2D eigenvalue weighted by molar-refractivity contribution is 7.11. The predicted molar refractivity (Wildman–Crippen MR) is 121 cm³/mol. The summed E-state index contributed by atoms with van der Waals surface area (Å²) in [6.45, 7) is 16.2. The average molecular weight is 402 g/mol. The van der Waals surface area contributed by atoms with Crippen LogP contribution in [0.1, 0.15) is 47.5 Å². The molecule has 0 aliphatic rings. The van der Waals surface area contributed by atoms with Crippen molar-refractivity contribution in [2.45, 2.75) is 54.1 Å². The number of aliphatic imine (C=N–C) groups is 1. The molecule has 0 aliphatic carbocycles. The van der Waals surface area contributed by atoms with E-state index in [4.69, 9.17) is 4.99 Å². The minimum absolute atomic E-state index is 0.677. The Morgan fingerprint density at radius 2 is 1.86 bits per heavy atom. The van der Waals surface area contributed by atoms with E-state index in [1.807, 2.05) is 0 Å². The summed E-state index contributed by atoms with van der Waals surface area (Å²) >= 11 is 1.78. The Morgan fingerprint density at radius 1 is 1.11 bits per heavy atom. The Bertz CT molecular complexity index is 730. The predicted octanol–water partition coefficient (Wildman–Crippen LogP) is 3.90. The summed E-state index contributed by atoms with van der Waals surface area (Å²) in [6.07, 6.45) is 0.920. The van der Waals surface area contributed by atoms with Gasteiger partial charge < -0.3 is 10.6 Å². The summed E-state index contributed by atoms with van der Waals surface area (Å²) in [5, 5.41) is 7.95. The molecule has 0 unspecified atom stereocenters. The number of nitrogens with one attached hydrogen (secondary N) is 2. The molecule has 1 aromatic carbocycles. The molecule has 6 heteroatoms. The minimum Gasteiger partial charge on any atom is -0.357 e. The second kappa shape index (κ2) is 11.8. The summed E-state index contributed by atoms with van der Waals surface area (Å²) < 4.78 is 0. The smallest absolute Gasteiger partial charge is 0.191 e. The van der Waals surface area contributed by atoms with E-state index in [9.17, 15) is 0 Å². The van der Waals surface area contributed by atoms with Crippen molar-refractivity contribution in [1.82, 2.24) is 20.5 Å². The van der Waals surface area contributed by atoms with Crippen LogP contribution in [-0.2, 0) is 19.5 Å². The molecule has 2 aromatic rings. The summed E-state index contributed by atoms with van der Waals surface area (Å²) in [5.74, 6) is 0.863. The lowest BCUT2D eigenvalue weighted by Crippen LogP contribution is -2.38. The van der Waals surface area contributed by atoms with Gasteiger partial charge in [0.15, 0.2) is 5.96 Å². The molecule has 0 bridgehead atoms. The summed E-state index contributed by atoms with van der Waals surface area (Å²) in [7, 11) is 0. The fourth-order valence-corrected chi connectivity index (χ4v) is 3.91. The molecule has 2 rings (SSSR count). The Kier molecular flexibility index (Phi) is 9.44. The van der Waals surface area contributed by atoms with Crippen molar-refractivity contribution >= 4 is 17.3 Å². The van der Waals surface area contributed by atoms with E-state index < -0.39 is 0 Å². The zero-order valence-corrected chi connectivity index (χ0v) is 18.8. The molecule has 0 saturated heterocycles. The van der Waals surface area contributed by atoms with Crippen molar-refractivity contribution < 1.29 is 0 Å². The van der Waals surface area contributed by atoms with Crippen molar-refractivity contribution in [2.75, 3.05) is 26.2 Å². The summed E-state index contributed by atoms with van der Waals surface area (Å²) in [5.41, 5.74) is 3.74. The maximum Gasteiger partial charge on any atom is 0.191 e. The monoisotopic (exact) mass is 401 g/mol. The first-order valence-electron chi connectivity index (χ1n) is 10.3. The number of aryl methyl sites for hydroxylation is 2. The van der Waals surface area contributed by atoms with Crippen LogP contribution < -0.4 is 10.6 Å². The standard InChI is InChI=1S/C22H35N5S/c1-6-23-22(24-13-12-21-26-17(4)18(5)28-21)25-15-19-10-9-11-20(14-19)16-27(7-2)8-3/h9-11,14H,6-8,12-13,15-16H2,1-5H3,(H2,23,24,25). The van der Waals surface area contributed by atoms with E-state index in [2.05, 4.69) is 79.4 Å². The average Bonchev–Trinajstić information content (AvgIpc) is 3.02. The van der Waals surface area contributed by atoms with E-state index in [0.29, 0.717) is 6.54 Å². The highest BCUT2D eigenvalue weighted by atomic mass is 32.1. The van der Waals surface area contributed by atoms with Gasteiger partial charge in [0.2, 0.25) is 0 Å². The molecule has 0 aliphatic heterocycles. The number of guanidine groups is 1.